The van der Waals surface area contributed by atoms with Gasteiger partial charge in [-0.1, -0.05) is 265 Å². The van der Waals surface area contributed by atoms with Crippen molar-refractivity contribution in [1.29, 1.82) is 0 Å². The van der Waals surface area contributed by atoms with E-state index in [0.29, 0.717) is 10.8 Å². The number of unbranched alkanes of at least 4 members (excludes halogenated alkanes) is 1. The third-order valence-corrected chi connectivity index (χ3v) is 4.57. The average Bonchev–Trinajstić information content (AvgIpc) is 3.04. The molecular formula is C49H104. The fraction of sp³-hybridized carbons (Fsp3) is 0.714. The summed E-state index contributed by atoms with van der Waals surface area (Å²) >= 11 is 0. The Balaban J connectivity index is -0.0000000439. The van der Waals surface area contributed by atoms with Crippen molar-refractivity contribution < 1.29 is 0 Å². The number of hydrogen-bond acceptors (Lipinski definition) is 0. The van der Waals surface area contributed by atoms with Gasteiger partial charge in [-0.15, -0.1) is 13.2 Å². The third kappa shape index (κ3) is 183. The zero-order valence-corrected chi connectivity index (χ0v) is 38.6. The Morgan fingerprint density at radius 3 is 0.837 bits per heavy atom. The van der Waals surface area contributed by atoms with Gasteiger partial charge in [-0.3, -0.25) is 0 Å². The number of benzene rings is 2. The van der Waals surface area contributed by atoms with Crippen LogP contribution in [0.5, 0.6) is 0 Å². The molecule has 49 heavy (non-hydrogen) atoms. The predicted octanol–water partition coefficient (Wildman–Crippen LogP) is 19.2. The van der Waals surface area contributed by atoms with E-state index in [4.69, 9.17) is 0 Å². The minimum atomic E-state index is 0. The summed E-state index contributed by atoms with van der Waals surface area (Å²) in [6, 6.07) is 20.7. The second kappa shape index (κ2) is 64.7. The van der Waals surface area contributed by atoms with Crippen LogP contribution in [0.1, 0.15) is 210 Å². The Labute approximate surface area is 318 Å². The first kappa shape index (κ1) is 72.8. The van der Waals surface area contributed by atoms with Crippen molar-refractivity contribution in [2.24, 2.45) is 22.7 Å². The summed E-state index contributed by atoms with van der Waals surface area (Å²) in [5, 5.41) is 0. The van der Waals surface area contributed by atoms with Crippen molar-refractivity contribution in [3.63, 3.8) is 0 Å². The van der Waals surface area contributed by atoms with Crippen molar-refractivity contribution >= 4 is 0 Å². The maximum atomic E-state index is 3.00. The molecule has 0 saturated carbocycles. The molecule has 0 saturated heterocycles. The first-order valence-electron chi connectivity index (χ1n) is 19.8. The van der Waals surface area contributed by atoms with Gasteiger partial charge in [-0.25, -0.2) is 0 Å². The number of aryl methyl sites for hydroxylation is 2. The highest BCUT2D eigenvalue weighted by molar-refractivity contribution is 5.14. The standard InChI is InChI=1S/C8H10.C7H8.C6H14.2C5H12.2C4H10.C3H8.2C2H6.C2H4.CH4/c1-2-8-6-4-3-5-7-8;1-7-5-3-2-4-6-7;1-5-6(2,3)4;1-5(2,3)4;1-4-5(2)3;1-4(2)3;1-3-4-2;1-3-2;3*1-2;/h3-7H,2H2,1H3;2-6H,1H3;5H2,1-4H3;1-4H3;5H,4H2,1-3H3;4H,1-3H3;3-4H2,1-2H3;3H2,1-2H3;2*1-2H3;1-2H2;1H4. The van der Waals surface area contributed by atoms with Gasteiger partial charge in [0.15, 0.2) is 0 Å². The van der Waals surface area contributed by atoms with Crippen molar-refractivity contribution in [3.8, 4) is 0 Å². The summed E-state index contributed by atoms with van der Waals surface area (Å²) in [5.74, 6) is 1.72. The van der Waals surface area contributed by atoms with Gasteiger partial charge in [0.25, 0.3) is 0 Å². The van der Waals surface area contributed by atoms with Gasteiger partial charge in [0, 0.05) is 0 Å². The van der Waals surface area contributed by atoms with Crippen LogP contribution in [0.25, 0.3) is 0 Å². The van der Waals surface area contributed by atoms with Gasteiger partial charge < -0.3 is 0 Å². The van der Waals surface area contributed by atoms with E-state index in [2.05, 4.69) is 188 Å². The van der Waals surface area contributed by atoms with Crippen LogP contribution in [-0.2, 0) is 6.42 Å². The summed E-state index contributed by atoms with van der Waals surface area (Å²) in [4.78, 5) is 0. The molecule has 2 rings (SSSR count). The largest absolute Gasteiger partial charge is 0.106 e. The Morgan fingerprint density at radius 1 is 0.551 bits per heavy atom. The zero-order chi connectivity index (χ0) is 40.6. The summed E-state index contributed by atoms with van der Waals surface area (Å²) in [6.45, 7) is 57.7. The van der Waals surface area contributed by atoms with Crippen LogP contribution >= 0.6 is 0 Å². The monoisotopic (exact) mass is 693 g/mol. The number of hydrogen-bond donors (Lipinski definition) is 0. The van der Waals surface area contributed by atoms with E-state index in [1.165, 1.54) is 43.2 Å². The normalized spacial score (nSPS) is 8.45. The minimum absolute atomic E-state index is 0. The van der Waals surface area contributed by atoms with Crippen molar-refractivity contribution in [2.75, 3.05) is 0 Å². The highest BCUT2D eigenvalue weighted by Gasteiger charge is 2.03. The van der Waals surface area contributed by atoms with Crippen LogP contribution in [-0.4, -0.2) is 0 Å². The fourth-order valence-electron chi connectivity index (χ4n) is 1.25. The van der Waals surface area contributed by atoms with Gasteiger partial charge in [-0.05, 0) is 41.6 Å². The lowest BCUT2D eigenvalue weighted by molar-refractivity contribution is 0.398. The van der Waals surface area contributed by atoms with Crippen LogP contribution in [0.2, 0.25) is 0 Å². The van der Waals surface area contributed by atoms with Crippen molar-refractivity contribution in [3.05, 3.63) is 84.9 Å². The van der Waals surface area contributed by atoms with Gasteiger partial charge in [0.05, 0.1) is 0 Å². The molecule has 0 amide bonds. The summed E-state index contributed by atoms with van der Waals surface area (Å²) in [5.41, 5.74) is 3.77. The molecule has 0 heterocycles. The lowest BCUT2D eigenvalue weighted by atomic mass is 9.94. The molecular weight excluding hydrogens is 589 g/mol. The van der Waals surface area contributed by atoms with E-state index in [-0.39, 0.29) is 7.43 Å². The van der Waals surface area contributed by atoms with Crippen LogP contribution in [0.3, 0.4) is 0 Å². The molecule has 300 valence electrons. The van der Waals surface area contributed by atoms with Gasteiger partial charge in [-0.2, -0.15) is 0 Å². The Bertz CT molecular complexity index is 655. The molecule has 0 radical (unpaired) electrons. The van der Waals surface area contributed by atoms with Crippen LogP contribution in [0.4, 0.5) is 0 Å². The van der Waals surface area contributed by atoms with E-state index in [1.807, 2.05) is 52.0 Å². The molecule has 0 aliphatic carbocycles. The molecule has 0 unspecified atom stereocenters. The molecule has 0 N–H and O–H groups in total. The lowest BCUT2D eigenvalue weighted by Crippen LogP contribution is -2.00. The van der Waals surface area contributed by atoms with Gasteiger partial charge in [0.1, 0.15) is 0 Å². The van der Waals surface area contributed by atoms with E-state index in [0.717, 1.165) is 18.3 Å². The predicted molar refractivity (Wildman–Crippen MR) is 245 cm³/mol. The molecule has 0 fully saturated rings. The molecule has 0 atom stereocenters. The summed E-state index contributed by atoms with van der Waals surface area (Å²) < 4.78 is 0. The molecule has 0 aromatic heterocycles. The fourth-order valence-corrected chi connectivity index (χ4v) is 1.25. The smallest absolute Gasteiger partial charge is 0.0307 e. The van der Waals surface area contributed by atoms with Gasteiger partial charge in [0.2, 0.25) is 0 Å². The summed E-state index contributed by atoms with van der Waals surface area (Å²) in [7, 11) is 0. The SMILES string of the molecule is C.C=C.CC.CC.CC(C)(C)C.CC(C)C.CCC.CCC(C)(C)C.CCC(C)C.CCCC.CCc1ccccc1.Cc1ccccc1. The molecule has 0 aliphatic heterocycles. The molecule has 2 aromatic carbocycles. The number of rotatable bonds is 3. The molecule has 0 bridgehead atoms. The van der Waals surface area contributed by atoms with E-state index in [1.54, 1.807) is 0 Å². The van der Waals surface area contributed by atoms with Crippen LogP contribution in [0, 0.1) is 29.6 Å². The van der Waals surface area contributed by atoms with Crippen LogP contribution < -0.4 is 0 Å². The molecule has 0 nitrogen and oxygen atoms in total. The molecule has 0 spiro atoms. The average molecular weight is 693 g/mol. The Morgan fingerprint density at radius 2 is 0.755 bits per heavy atom. The second-order valence-electron chi connectivity index (χ2n) is 14.6. The highest BCUT2D eigenvalue weighted by atomic mass is 14.1. The van der Waals surface area contributed by atoms with Crippen LogP contribution in [0.15, 0.2) is 73.8 Å². The third-order valence-electron chi connectivity index (χ3n) is 4.57. The molecule has 2 aromatic rings. The van der Waals surface area contributed by atoms with E-state index >= 15 is 0 Å². The summed E-state index contributed by atoms with van der Waals surface area (Å²) in [6.07, 6.45) is 7.60. The molecule has 0 heteroatoms. The Hall–Kier alpha value is -1.82. The highest BCUT2D eigenvalue weighted by Crippen LogP contribution is 2.16. The quantitative estimate of drug-likeness (QED) is 0.281. The minimum Gasteiger partial charge on any atom is -0.106 e. The lowest BCUT2D eigenvalue weighted by Gasteiger charge is -2.12. The zero-order valence-electron chi connectivity index (χ0n) is 38.6. The van der Waals surface area contributed by atoms with E-state index in [9.17, 15) is 0 Å². The first-order chi connectivity index (χ1) is 22.2. The first-order valence-corrected chi connectivity index (χ1v) is 19.8. The van der Waals surface area contributed by atoms with E-state index < -0.39 is 0 Å². The van der Waals surface area contributed by atoms with Crippen molar-refractivity contribution in [2.45, 2.75) is 212 Å². The Kier molecular flexibility index (Phi) is 96.1. The topological polar surface area (TPSA) is 0 Å². The van der Waals surface area contributed by atoms with Gasteiger partial charge >= 0.3 is 0 Å². The maximum absolute atomic E-state index is 3.00. The van der Waals surface area contributed by atoms with Crippen molar-refractivity contribution in [1.82, 2.24) is 0 Å². The molecule has 0 aliphatic rings. The second-order valence-corrected chi connectivity index (χ2v) is 14.6. The maximum Gasteiger partial charge on any atom is -0.0307 e.